The van der Waals surface area contributed by atoms with Gasteiger partial charge in [0.2, 0.25) is 0 Å². The zero-order valence-electron chi connectivity index (χ0n) is 16.3. The molecule has 0 spiro atoms. The molecule has 4 atom stereocenters. The molecular weight excluding hydrogens is 380 g/mol. The number of nitrogens with zero attached hydrogens (tertiary/aromatic N) is 2. The number of carbonyl (C=O) groups is 1. The molecule has 29 heavy (non-hydrogen) atoms. The highest BCUT2D eigenvalue weighted by atomic mass is 16.6. The van der Waals surface area contributed by atoms with E-state index in [1.807, 2.05) is 13.0 Å². The van der Waals surface area contributed by atoms with Crippen molar-refractivity contribution in [2.24, 2.45) is 0 Å². The molecule has 0 aromatic carbocycles. The van der Waals surface area contributed by atoms with Crippen LogP contribution in [0.3, 0.4) is 0 Å². The molecule has 3 heterocycles. The molecule has 4 rings (SSSR count). The van der Waals surface area contributed by atoms with Gasteiger partial charge >= 0.3 is 11.7 Å². The fourth-order valence-corrected chi connectivity index (χ4v) is 4.13. The van der Waals surface area contributed by atoms with Crippen molar-refractivity contribution in [3.63, 3.8) is 0 Å². The molecule has 2 N–H and O–H groups in total. The lowest BCUT2D eigenvalue weighted by molar-refractivity contribution is -0.140. The number of esters is 1. The van der Waals surface area contributed by atoms with Crippen molar-refractivity contribution in [1.82, 2.24) is 9.13 Å². The summed E-state index contributed by atoms with van der Waals surface area (Å²) in [7, 11) is 0. The minimum atomic E-state index is -0.913. The maximum atomic E-state index is 13.1. The van der Waals surface area contributed by atoms with E-state index >= 15 is 0 Å². The number of carbonyl (C=O) groups excluding carboxylic acids is 1. The molecular formula is C20H24N2O7. The standard InChI is InChI=1S/C20H24N2O7/c1-10-3-4-15-12(5-10)13(19(26)29-15)8-22-18(25)11(2)7-21(20(22)27)17-6-14(24)16(9-23)28-17/h5,7,14-17,23-24H,3-4,6,8-9H2,1-2H3/t14-,15+,16+,17+/m0/s1. The minimum absolute atomic E-state index is 0.114. The van der Waals surface area contributed by atoms with Gasteiger partial charge in [0.15, 0.2) is 0 Å². The zero-order valence-corrected chi connectivity index (χ0v) is 16.3. The Hall–Kier alpha value is -2.49. The molecule has 3 aliphatic rings. The summed E-state index contributed by atoms with van der Waals surface area (Å²) in [6.45, 7) is 2.98. The van der Waals surface area contributed by atoms with Gasteiger partial charge in [-0.3, -0.25) is 13.9 Å². The number of aromatic nitrogens is 2. The lowest BCUT2D eigenvalue weighted by atomic mass is 9.92. The number of hydrogen-bond acceptors (Lipinski definition) is 7. The van der Waals surface area contributed by atoms with Crippen LogP contribution in [-0.2, 0) is 20.8 Å². The Kier molecular flexibility index (Phi) is 5.05. The summed E-state index contributed by atoms with van der Waals surface area (Å²) in [4.78, 5) is 38.2. The van der Waals surface area contributed by atoms with Crippen LogP contribution in [0.5, 0.6) is 0 Å². The van der Waals surface area contributed by atoms with Gasteiger partial charge in [-0.1, -0.05) is 11.6 Å². The summed E-state index contributed by atoms with van der Waals surface area (Å²) in [6.07, 6.45) is 2.08. The van der Waals surface area contributed by atoms with Gasteiger partial charge in [0, 0.05) is 23.8 Å². The smallest absolute Gasteiger partial charge is 0.336 e. The van der Waals surface area contributed by atoms with Gasteiger partial charge in [-0.2, -0.15) is 0 Å². The third kappa shape index (κ3) is 3.39. The quantitative estimate of drug-likeness (QED) is 0.674. The topological polar surface area (TPSA) is 120 Å². The molecule has 2 aliphatic heterocycles. The number of aryl methyl sites for hydroxylation is 1. The summed E-state index contributed by atoms with van der Waals surface area (Å²) >= 11 is 0. The second kappa shape index (κ2) is 7.40. The summed E-state index contributed by atoms with van der Waals surface area (Å²) in [5.74, 6) is -0.511. The second-order valence-electron chi connectivity index (χ2n) is 7.87. The molecule has 1 saturated heterocycles. The first-order valence-electron chi connectivity index (χ1n) is 9.68. The second-order valence-corrected chi connectivity index (χ2v) is 7.87. The first kappa shape index (κ1) is 19.8. The maximum absolute atomic E-state index is 13.1. The SMILES string of the molecule is CC1=CC2=C(Cn3c(=O)c(C)cn([C@H]4C[C@H](O)[C@@H](CO)O4)c3=O)C(=O)O[C@@H]2CC1. The number of rotatable bonds is 4. The minimum Gasteiger partial charge on any atom is -0.454 e. The van der Waals surface area contributed by atoms with Crippen molar-refractivity contribution in [3.05, 3.63) is 55.4 Å². The molecule has 9 nitrogen and oxygen atoms in total. The lowest BCUT2D eigenvalue weighted by Crippen LogP contribution is -2.42. The molecule has 1 aromatic rings. The van der Waals surface area contributed by atoms with Crippen LogP contribution in [0, 0.1) is 6.92 Å². The summed E-state index contributed by atoms with van der Waals surface area (Å²) in [6, 6.07) is 0. The predicted molar refractivity (Wildman–Crippen MR) is 101 cm³/mol. The first-order chi connectivity index (χ1) is 13.8. The van der Waals surface area contributed by atoms with Crippen LogP contribution in [-0.4, -0.2) is 50.2 Å². The molecule has 0 amide bonds. The molecule has 1 aliphatic carbocycles. The van der Waals surface area contributed by atoms with Crippen molar-refractivity contribution < 1.29 is 24.5 Å². The van der Waals surface area contributed by atoms with Crippen LogP contribution in [0.2, 0.25) is 0 Å². The monoisotopic (exact) mass is 404 g/mol. The first-order valence-corrected chi connectivity index (χ1v) is 9.68. The van der Waals surface area contributed by atoms with Crippen molar-refractivity contribution in [3.8, 4) is 0 Å². The van der Waals surface area contributed by atoms with Crippen molar-refractivity contribution in [2.75, 3.05) is 6.61 Å². The Bertz CT molecular complexity index is 1030. The fraction of sp³-hybridized carbons (Fsp3) is 0.550. The average molecular weight is 404 g/mol. The van der Waals surface area contributed by atoms with Crippen LogP contribution >= 0.6 is 0 Å². The van der Waals surface area contributed by atoms with E-state index in [9.17, 15) is 24.6 Å². The van der Waals surface area contributed by atoms with Crippen molar-refractivity contribution >= 4 is 5.97 Å². The Morgan fingerprint density at radius 3 is 2.69 bits per heavy atom. The van der Waals surface area contributed by atoms with E-state index in [1.54, 1.807) is 6.92 Å². The molecule has 1 fully saturated rings. The number of ether oxygens (including phenoxy) is 2. The number of aliphatic hydroxyl groups is 2. The van der Waals surface area contributed by atoms with Crippen molar-refractivity contribution in [2.45, 2.75) is 64.2 Å². The maximum Gasteiger partial charge on any atom is 0.336 e. The number of hydrogen-bond donors (Lipinski definition) is 2. The van der Waals surface area contributed by atoms with E-state index in [0.717, 1.165) is 22.1 Å². The van der Waals surface area contributed by atoms with Gasteiger partial charge in [0.25, 0.3) is 5.56 Å². The highest BCUT2D eigenvalue weighted by molar-refractivity contribution is 5.93. The predicted octanol–water partition coefficient (Wildman–Crippen LogP) is -0.0788. The van der Waals surface area contributed by atoms with Gasteiger partial charge in [-0.25, -0.2) is 9.59 Å². The van der Waals surface area contributed by atoms with E-state index in [-0.39, 0.29) is 25.7 Å². The van der Waals surface area contributed by atoms with Crippen LogP contribution < -0.4 is 11.2 Å². The van der Waals surface area contributed by atoms with Crippen LogP contribution in [0.1, 0.15) is 38.0 Å². The number of aliphatic hydroxyl groups excluding tert-OH is 2. The Morgan fingerprint density at radius 1 is 1.24 bits per heavy atom. The van der Waals surface area contributed by atoms with E-state index in [1.165, 1.54) is 10.8 Å². The van der Waals surface area contributed by atoms with E-state index in [2.05, 4.69) is 0 Å². The van der Waals surface area contributed by atoms with Crippen molar-refractivity contribution in [1.29, 1.82) is 0 Å². The Morgan fingerprint density at radius 2 is 2.00 bits per heavy atom. The number of allylic oxidation sites excluding steroid dienone is 1. The Labute approximate surface area is 166 Å². The molecule has 9 heteroatoms. The van der Waals surface area contributed by atoms with E-state index in [0.29, 0.717) is 17.6 Å². The third-order valence-corrected chi connectivity index (χ3v) is 5.77. The normalized spacial score (nSPS) is 29.1. The average Bonchev–Trinajstić information content (AvgIpc) is 3.20. The molecule has 0 bridgehead atoms. The van der Waals surface area contributed by atoms with Gasteiger partial charge in [0.1, 0.15) is 18.4 Å². The van der Waals surface area contributed by atoms with Gasteiger partial charge < -0.3 is 19.7 Å². The third-order valence-electron chi connectivity index (χ3n) is 5.77. The molecule has 0 saturated carbocycles. The highest BCUT2D eigenvalue weighted by Crippen LogP contribution is 2.33. The molecule has 156 valence electrons. The van der Waals surface area contributed by atoms with Crippen LogP contribution in [0.15, 0.2) is 38.6 Å². The van der Waals surface area contributed by atoms with Gasteiger partial charge in [-0.05, 0) is 26.7 Å². The van der Waals surface area contributed by atoms with Crippen LogP contribution in [0.25, 0.3) is 0 Å². The molecule has 0 radical (unpaired) electrons. The molecule has 0 unspecified atom stereocenters. The highest BCUT2D eigenvalue weighted by Gasteiger charge is 2.37. The zero-order chi connectivity index (χ0) is 20.9. The summed E-state index contributed by atoms with van der Waals surface area (Å²) in [5, 5.41) is 19.3. The fourth-order valence-electron chi connectivity index (χ4n) is 4.13. The lowest BCUT2D eigenvalue weighted by Gasteiger charge is -2.18. The summed E-state index contributed by atoms with van der Waals surface area (Å²) in [5.41, 5.74) is 1.32. The molecule has 1 aromatic heterocycles. The Balaban J connectivity index is 1.75. The summed E-state index contributed by atoms with van der Waals surface area (Å²) < 4.78 is 13.2. The van der Waals surface area contributed by atoms with Crippen LogP contribution in [0.4, 0.5) is 0 Å². The number of fused-ring (bicyclic) bond motifs is 1. The van der Waals surface area contributed by atoms with Gasteiger partial charge in [-0.15, -0.1) is 0 Å². The van der Waals surface area contributed by atoms with Gasteiger partial charge in [0.05, 0.1) is 24.8 Å². The largest absolute Gasteiger partial charge is 0.454 e. The van der Waals surface area contributed by atoms with E-state index < -0.39 is 35.7 Å². The van der Waals surface area contributed by atoms with E-state index in [4.69, 9.17) is 9.47 Å².